The number of rotatable bonds is 8. The summed E-state index contributed by atoms with van der Waals surface area (Å²) in [7, 11) is 4.72. The van der Waals surface area contributed by atoms with Crippen molar-refractivity contribution in [1.82, 2.24) is 14.5 Å². The molecule has 2 aromatic carbocycles. The number of carbonyl (C=O) groups is 2. The van der Waals surface area contributed by atoms with Gasteiger partial charge in [0, 0.05) is 42.9 Å². The highest BCUT2D eigenvalue weighted by Crippen LogP contribution is 2.35. The number of carbonyl (C=O) groups excluding carboxylic acids is 2. The predicted molar refractivity (Wildman–Crippen MR) is 138 cm³/mol. The number of likely N-dealkylation sites (N-methyl/N-ethyl adjacent to an activating group) is 1. The van der Waals surface area contributed by atoms with E-state index in [1.165, 1.54) is 18.1 Å². The van der Waals surface area contributed by atoms with E-state index in [0.717, 1.165) is 34.6 Å². The molecule has 0 bridgehead atoms. The second-order valence-corrected chi connectivity index (χ2v) is 8.56. The molecule has 0 saturated carbocycles. The summed E-state index contributed by atoms with van der Waals surface area (Å²) in [5.74, 6) is 0.130. The molecule has 0 unspecified atom stereocenters. The quantitative estimate of drug-likeness (QED) is 0.266. The van der Waals surface area contributed by atoms with Crippen molar-refractivity contribution >= 4 is 44.6 Å². The number of methoxy groups -OCH3 is 1. The Morgan fingerprint density at radius 3 is 2.56 bits per heavy atom. The van der Waals surface area contributed by atoms with E-state index in [0.29, 0.717) is 22.9 Å². The lowest BCUT2D eigenvalue weighted by molar-refractivity contribution is -0.144. The Hall–Kier alpha value is -4.14. The molecule has 4 rings (SSSR count). The van der Waals surface area contributed by atoms with Gasteiger partial charge in [-0.1, -0.05) is 31.5 Å². The summed E-state index contributed by atoms with van der Waals surface area (Å²) < 4.78 is 17.8. The van der Waals surface area contributed by atoms with Gasteiger partial charge in [0.25, 0.3) is 5.56 Å². The van der Waals surface area contributed by atoms with Crippen LogP contribution in [0.25, 0.3) is 32.6 Å². The number of hydrogen-bond donors (Lipinski definition) is 0. The molecule has 9 heteroatoms. The first-order chi connectivity index (χ1) is 17.3. The Balaban J connectivity index is 1.64. The summed E-state index contributed by atoms with van der Waals surface area (Å²) in [5, 5.41) is 2.67. The first-order valence-electron chi connectivity index (χ1n) is 11.8. The number of esters is 1. The Labute approximate surface area is 208 Å². The number of aryl methyl sites for hydroxylation is 1. The summed E-state index contributed by atoms with van der Waals surface area (Å²) in [6.07, 6.45) is 3.09. The van der Waals surface area contributed by atoms with Gasteiger partial charge in [-0.3, -0.25) is 14.6 Å². The number of ether oxygens (including phenoxy) is 3. The van der Waals surface area contributed by atoms with Crippen molar-refractivity contribution < 1.29 is 23.8 Å². The van der Waals surface area contributed by atoms with E-state index in [-0.39, 0.29) is 30.4 Å². The standard InChI is InChI=1S/C27H29N3O6/c1-5-6-11-24(31)35-13-12-29(2)27(33)36-23-15-19-18(14-22(23)34-4)20-16-28-21-10-8-7-9-17(21)25(20)30(3)26(19)32/h7-10,14-16H,5-6,11-13H2,1-4H3. The molecular formula is C27H29N3O6. The molecule has 0 aliphatic carbocycles. The highest BCUT2D eigenvalue weighted by molar-refractivity contribution is 6.14. The molecule has 0 aliphatic heterocycles. The maximum Gasteiger partial charge on any atom is 0.415 e. The first-order valence-corrected chi connectivity index (χ1v) is 11.8. The molecule has 36 heavy (non-hydrogen) atoms. The van der Waals surface area contributed by atoms with Gasteiger partial charge in [0.1, 0.15) is 6.61 Å². The summed E-state index contributed by atoms with van der Waals surface area (Å²) >= 11 is 0. The van der Waals surface area contributed by atoms with Gasteiger partial charge in [-0.05, 0) is 24.6 Å². The Morgan fingerprint density at radius 1 is 1.06 bits per heavy atom. The number of nitrogens with zero attached hydrogens (tertiary/aromatic N) is 3. The first kappa shape index (κ1) is 25.0. The van der Waals surface area contributed by atoms with E-state index in [1.54, 1.807) is 30.9 Å². The zero-order valence-electron chi connectivity index (χ0n) is 20.9. The fraction of sp³-hybridized carbons (Fsp3) is 0.333. The molecule has 9 nitrogen and oxygen atoms in total. The van der Waals surface area contributed by atoms with Crippen LogP contribution in [0.2, 0.25) is 0 Å². The van der Waals surface area contributed by atoms with Gasteiger partial charge in [-0.15, -0.1) is 0 Å². The van der Waals surface area contributed by atoms with Crippen LogP contribution in [-0.2, 0) is 16.6 Å². The normalized spacial score (nSPS) is 11.1. The van der Waals surface area contributed by atoms with E-state index < -0.39 is 6.09 Å². The average Bonchev–Trinajstić information content (AvgIpc) is 2.89. The molecule has 0 aliphatic rings. The summed E-state index contributed by atoms with van der Waals surface area (Å²) in [4.78, 5) is 43.5. The van der Waals surface area contributed by atoms with Gasteiger partial charge in [-0.25, -0.2) is 4.79 Å². The summed E-state index contributed by atoms with van der Waals surface area (Å²) in [6, 6.07) is 10.8. The van der Waals surface area contributed by atoms with Crippen molar-refractivity contribution in [2.24, 2.45) is 7.05 Å². The van der Waals surface area contributed by atoms with Crippen LogP contribution < -0.4 is 15.0 Å². The van der Waals surface area contributed by atoms with Crippen LogP contribution in [0.3, 0.4) is 0 Å². The molecule has 188 valence electrons. The third-order valence-electron chi connectivity index (χ3n) is 6.14. The highest BCUT2D eigenvalue weighted by atomic mass is 16.6. The van der Waals surface area contributed by atoms with Crippen molar-refractivity contribution in [2.75, 3.05) is 27.3 Å². The van der Waals surface area contributed by atoms with Gasteiger partial charge >= 0.3 is 12.1 Å². The minimum absolute atomic E-state index is 0.0660. The number of aromatic nitrogens is 2. The number of hydrogen-bond acceptors (Lipinski definition) is 7. The molecule has 0 saturated heterocycles. The smallest absolute Gasteiger partial charge is 0.415 e. The van der Waals surface area contributed by atoms with E-state index >= 15 is 0 Å². The van der Waals surface area contributed by atoms with Crippen LogP contribution in [0, 0.1) is 0 Å². The van der Waals surface area contributed by atoms with Crippen LogP contribution in [0.4, 0.5) is 4.79 Å². The second-order valence-electron chi connectivity index (χ2n) is 8.56. The third-order valence-corrected chi connectivity index (χ3v) is 6.14. The number of unbranched alkanes of at least 4 members (excludes halogenated alkanes) is 1. The Bertz CT molecular complexity index is 1510. The molecule has 2 heterocycles. The summed E-state index contributed by atoms with van der Waals surface area (Å²) in [5.41, 5.74) is 1.32. The van der Waals surface area contributed by atoms with Gasteiger partial charge in [-0.2, -0.15) is 0 Å². The fourth-order valence-electron chi connectivity index (χ4n) is 4.12. The maximum absolute atomic E-state index is 13.3. The number of para-hydroxylation sites is 1. The molecule has 1 amide bonds. The van der Waals surface area contributed by atoms with Gasteiger partial charge in [0.05, 0.1) is 30.1 Å². The molecule has 2 aromatic heterocycles. The van der Waals surface area contributed by atoms with E-state index in [4.69, 9.17) is 14.2 Å². The SMILES string of the molecule is CCCCC(=O)OCCN(C)C(=O)Oc1cc2c(=O)n(C)c3c4ccccc4ncc3c2cc1OC. The van der Waals surface area contributed by atoms with Gasteiger partial charge < -0.3 is 23.7 Å². The largest absolute Gasteiger partial charge is 0.493 e. The van der Waals surface area contributed by atoms with Crippen LogP contribution in [0.1, 0.15) is 26.2 Å². The lowest BCUT2D eigenvalue weighted by Crippen LogP contribution is -2.33. The molecule has 0 radical (unpaired) electrons. The van der Waals surface area contributed by atoms with Gasteiger partial charge in [0.2, 0.25) is 0 Å². The Kier molecular flexibility index (Phi) is 7.38. The topological polar surface area (TPSA) is 100.0 Å². The van der Waals surface area contributed by atoms with Crippen LogP contribution in [0.15, 0.2) is 47.4 Å². The molecule has 0 atom stereocenters. The fourth-order valence-corrected chi connectivity index (χ4v) is 4.12. The van der Waals surface area contributed by atoms with Crippen molar-refractivity contribution in [1.29, 1.82) is 0 Å². The zero-order chi connectivity index (χ0) is 25.8. The van der Waals surface area contributed by atoms with Crippen LogP contribution in [-0.4, -0.2) is 53.8 Å². The van der Waals surface area contributed by atoms with Crippen LogP contribution >= 0.6 is 0 Å². The van der Waals surface area contributed by atoms with Gasteiger partial charge in [0.15, 0.2) is 11.5 Å². The third kappa shape index (κ3) is 4.82. The minimum Gasteiger partial charge on any atom is -0.493 e. The van der Waals surface area contributed by atoms with Crippen molar-refractivity contribution in [3.63, 3.8) is 0 Å². The van der Waals surface area contributed by atoms with Crippen molar-refractivity contribution in [2.45, 2.75) is 26.2 Å². The number of benzene rings is 2. The molecular weight excluding hydrogens is 462 g/mol. The molecule has 0 spiro atoms. The number of pyridine rings is 2. The zero-order valence-corrected chi connectivity index (χ0v) is 20.9. The molecule has 0 fully saturated rings. The number of fused-ring (bicyclic) bond motifs is 5. The van der Waals surface area contributed by atoms with E-state index in [2.05, 4.69) is 4.98 Å². The van der Waals surface area contributed by atoms with Crippen molar-refractivity contribution in [3.8, 4) is 11.5 Å². The van der Waals surface area contributed by atoms with E-state index in [9.17, 15) is 14.4 Å². The molecule has 4 aromatic rings. The second kappa shape index (κ2) is 10.6. The maximum atomic E-state index is 13.3. The summed E-state index contributed by atoms with van der Waals surface area (Å²) in [6.45, 7) is 2.23. The lowest BCUT2D eigenvalue weighted by Gasteiger charge is -2.18. The lowest BCUT2D eigenvalue weighted by atomic mass is 10.0. The van der Waals surface area contributed by atoms with E-state index in [1.807, 2.05) is 31.2 Å². The van der Waals surface area contributed by atoms with Crippen molar-refractivity contribution in [3.05, 3.63) is 52.9 Å². The minimum atomic E-state index is -0.664. The molecule has 0 N–H and O–H groups in total. The van der Waals surface area contributed by atoms with Crippen LogP contribution in [0.5, 0.6) is 11.5 Å². The number of amides is 1. The average molecular weight is 492 g/mol. The Morgan fingerprint density at radius 2 is 1.81 bits per heavy atom. The predicted octanol–water partition coefficient (Wildman–Crippen LogP) is 4.41. The highest BCUT2D eigenvalue weighted by Gasteiger charge is 2.19. The monoisotopic (exact) mass is 491 g/mol.